The number of aliphatic hydroxyl groups is 3. The van der Waals surface area contributed by atoms with E-state index in [4.69, 9.17) is 15.3 Å². The number of rotatable bonds is 10. The number of carbonyl (C=O) groups is 1. The highest BCUT2D eigenvalue weighted by atomic mass is 17.2. The van der Waals surface area contributed by atoms with Gasteiger partial charge in [0, 0.05) is 0 Å². The maximum absolute atomic E-state index is 10.6. The molecule has 0 saturated carbocycles. The Balaban J connectivity index is 0. The van der Waals surface area contributed by atoms with Gasteiger partial charge in [-0.15, -0.1) is 0 Å². The lowest BCUT2D eigenvalue weighted by molar-refractivity contribution is -0.278. The van der Waals surface area contributed by atoms with Crippen LogP contribution in [0.15, 0.2) is 0 Å². The van der Waals surface area contributed by atoms with Gasteiger partial charge in [0.2, 0.25) is 0 Å². The summed E-state index contributed by atoms with van der Waals surface area (Å²) in [5.41, 5.74) is 0. The maximum Gasteiger partial charge on any atom is 0.370 e. The Hall–Kier alpha value is -0.690. The van der Waals surface area contributed by atoms with Crippen molar-refractivity contribution in [1.29, 1.82) is 0 Å². The van der Waals surface area contributed by atoms with Crippen LogP contribution < -0.4 is 0 Å². The molecular formula is C15H32O6. The van der Waals surface area contributed by atoms with E-state index < -0.39 is 24.3 Å². The third kappa shape index (κ3) is 17.3. The minimum absolute atomic E-state index is 0.395. The molecule has 0 saturated heterocycles. The van der Waals surface area contributed by atoms with Crippen molar-refractivity contribution in [3.63, 3.8) is 0 Å². The van der Waals surface area contributed by atoms with Gasteiger partial charge >= 0.3 is 5.97 Å². The van der Waals surface area contributed by atoms with E-state index >= 15 is 0 Å². The molecular weight excluding hydrogens is 276 g/mol. The molecule has 6 nitrogen and oxygen atoms in total. The molecule has 3 atom stereocenters. The summed E-state index contributed by atoms with van der Waals surface area (Å²) >= 11 is 0. The molecule has 0 radical (unpaired) electrons. The van der Waals surface area contributed by atoms with E-state index in [9.17, 15) is 4.79 Å². The van der Waals surface area contributed by atoms with Crippen molar-refractivity contribution in [2.75, 3.05) is 6.61 Å². The second-order valence-corrected chi connectivity index (χ2v) is 5.06. The van der Waals surface area contributed by atoms with Gasteiger partial charge < -0.3 is 15.3 Å². The minimum atomic E-state index is -1.11. The lowest BCUT2D eigenvalue weighted by Gasteiger charge is -2.11. The van der Waals surface area contributed by atoms with Gasteiger partial charge in [-0.3, -0.25) is 4.89 Å². The van der Waals surface area contributed by atoms with E-state index in [-0.39, 0.29) is 0 Å². The zero-order chi connectivity index (χ0) is 16.7. The summed E-state index contributed by atoms with van der Waals surface area (Å²) in [6.45, 7) is 7.47. The van der Waals surface area contributed by atoms with Gasteiger partial charge in [-0.05, 0) is 26.7 Å². The molecule has 0 aliphatic heterocycles. The smallest absolute Gasteiger partial charge is 0.370 e. The van der Waals surface area contributed by atoms with Gasteiger partial charge in [-0.2, -0.15) is 4.89 Å². The van der Waals surface area contributed by atoms with E-state index in [0.29, 0.717) is 13.0 Å². The normalized spacial score (nSPS) is 14.6. The lowest BCUT2D eigenvalue weighted by Crippen LogP contribution is -2.21. The molecule has 128 valence electrons. The quantitative estimate of drug-likeness (QED) is 0.324. The Kier molecular flexibility index (Phi) is 16.9. The zero-order valence-corrected chi connectivity index (χ0v) is 13.7. The Morgan fingerprint density at radius 3 is 2.00 bits per heavy atom. The summed E-state index contributed by atoms with van der Waals surface area (Å²) in [6, 6.07) is 0. The first kappa shape index (κ1) is 22.6. The number of hydrogen-bond donors (Lipinski definition) is 3. The first-order valence-electron chi connectivity index (χ1n) is 7.74. The van der Waals surface area contributed by atoms with Crippen LogP contribution in [0.3, 0.4) is 0 Å². The largest absolute Gasteiger partial charge is 0.391 e. The molecule has 0 aliphatic rings. The van der Waals surface area contributed by atoms with Crippen LogP contribution in [0.5, 0.6) is 0 Å². The summed E-state index contributed by atoms with van der Waals surface area (Å²) in [5, 5.41) is 26.5. The van der Waals surface area contributed by atoms with Gasteiger partial charge in [0.1, 0.15) is 0 Å². The zero-order valence-electron chi connectivity index (χ0n) is 13.7. The number of unbranched alkanes of at least 4 members (excludes halogenated alkanes) is 3. The molecule has 3 N–H and O–H groups in total. The van der Waals surface area contributed by atoms with Crippen molar-refractivity contribution in [1.82, 2.24) is 0 Å². The highest BCUT2D eigenvalue weighted by Gasteiger charge is 2.10. The Bertz CT molecular complexity index is 230. The first-order valence-corrected chi connectivity index (χ1v) is 7.74. The molecule has 0 aromatic carbocycles. The van der Waals surface area contributed by atoms with Gasteiger partial charge in [0.25, 0.3) is 0 Å². The molecule has 3 unspecified atom stereocenters. The van der Waals surface area contributed by atoms with Crippen LogP contribution in [0.2, 0.25) is 0 Å². The van der Waals surface area contributed by atoms with Crippen molar-refractivity contribution in [2.24, 2.45) is 0 Å². The monoisotopic (exact) mass is 308 g/mol. The van der Waals surface area contributed by atoms with E-state index in [1.165, 1.54) is 6.92 Å². The van der Waals surface area contributed by atoms with Crippen LogP contribution in [-0.2, 0) is 14.6 Å². The van der Waals surface area contributed by atoms with Crippen LogP contribution >= 0.6 is 0 Å². The van der Waals surface area contributed by atoms with Gasteiger partial charge in [-0.1, -0.05) is 39.5 Å². The van der Waals surface area contributed by atoms with Crippen molar-refractivity contribution >= 4 is 5.97 Å². The maximum atomic E-state index is 10.6. The van der Waals surface area contributed by atoms with Crippen molar-refractivity contribution in [3.8, 4) is 0 Å². The number of carbonyl (C=O) groups excluding carboxylic acids is 1. The van der Waals surface area contributed by atoms with Crippen molar-refractivity contribution in [3.05, 3.63) is 0 Å². The Labute approximate surface area is 128 Å². The van der Waals surface area contributed by atoms with E-state index in [1.54, 1.807) is 6.92 Å². The lowest BCUT2D eigenvalue weighted by atomic mass is 10.1. The Morgan fingerprint density at radius 2 is 1.57 bits per heavy atom. The fraction of sp³-hybridized carbons (Fsp3) is 0.933. The summed E-state index contributed by atoms with van der Waals surface area (Å²) in [7, 11) is 0. The molecule has 0 rings (SSSR count). The van der Waals surface area contributed by atoms with Crippen LogP contribution in [-0.4, -0.2) is 46.2 Å². The topological polar surface area (TPSA) is 96.2 Å². The van der Waals surface area contributed by atoms with Crippen LogP contribution in [0.4, 0.5) is 0 Å². The molecule has 0 aliphatic carbocycles. The van der Waals surface area contributed by atoms with Crippen molar-refractivity contribution in [2.45, 2.75) is 84.5 Å². The second-order valence-electron chi connectivity index (χ2n) is 5.06. The molecule has 0 fully saturated rings. The standard InChI is InChI=1S/C8H16O4.C7H16O2/c1-3-4-5-6-11-12-8(10)7(2)9;1-3-4-5-7(9)6(2)8/h7,9H,3-6H2,1-2H3;6-9H,3-5H2,1-2H3. The fourth-order valence-electron chi connectivity index (χ4n) is 1.23. The third-order valence-electron chi connectivity index (χ3n) is 2.72. The predicted molar refractivity (Wildman–Crippen MR) is 80.5 cm³/mol. The second kappa shape index (κ2) is 15.7. The molecule has 0 aromatic heterocycles. The van der Waals surface area contributed by atoms with Gasteiger partial charge in [0.05, 0.1) is 18.8 Å². The molecule has 0 aromatic rings. The summed E-state index contributed by atoms with van der Waals surface area (Å²) in [6.07, 6.45) is 3.57. The SMILES string of the molecule is CCCCC(O)C(C)O.CCCCCOOC(=O)C(C)O. The average molecular weight is 308 g/mol. The van der Waals surface area contributed by atoms with Gasteiger partial charge in [-0.25, -0.2) is 4.79 Å². The van der Waals surface area contributed by atoms with Crippen LogP contribution in [0.25, 0.3) is 0 Å². The van der Waals surface area contributed by atoms with E-state index in [0.717, 1.165) is 32.1 Å². The van der Waals surface area contributed by atoms with E-state index in [1.807, 2.05) is 0 Å². The highest BCUT2D eigenvalue weighted by Crippen LogP contribution is 2.03. The first-order chi connectivity index (χ1) is 9.86. The molecule has 6 heteroatoms. The fourth-order valence-corrected chi connectivity index (χ4v) is 1.23. The molecule has 0 amide bonds. The summed E-state index contributed by atoms with van der Waals surface area (Å²) in [5.74, 6) is -0.744. The van der Waals surface area contributed by atoms with E-state index in [2.05, 4.69) is 23.6 Å². The molecule has 21 heavy (non-hydrogen) atoms. The molecule has 0 heterocycles. The Morgan fingerprint density at radius 1 is 1.00 bits per heavy atom. The summed E-state index contributed by atoms with van der Waals surface area (Å²) < 4.78 is 0. The van der Waals surface area contributed by atoms with Crippen molar-refractivity contribution < 1.29 is 29.9 Å². The average Bonchev–Trinajstić information content (AvgIpc) is 2.44. The molecule has 0 spiro atoms. The molecule has 0 bridgehead atoms. The third-order valence-corrected chi connectivity index (χ3v) is 2.72. The minimum Gasteiger partial charge on any atom is -0.391 e. The predicted octanol–water partition coefficient (Wildman–Crippen LogP) is 1.95. The van der Waals surface area contributed by atoms with Crippen LogP contribution in [0, 0.1) is 0 Å². The highest BCUT2D eigenvalue weighted by molar-refractivity contribution is 5.73. The number of aliphatic hydroxyl groups excluding tert-OH is 3. The van der Waals surface area contributed by atoms with Gasteiger partial charge in [0.15, 0.2) is 6.10 Å². The van der Waals surface area contributed by atoms with Crippen LogP contribution in [0.1, 0.15) is 66.2 Å². The summed E-state index contributed by atoms with van der Waals surface area (Å²) in [4.78, 5) is 19.4. The number of hydrogen-bond acceptors (Lipinski definition) is 6.